The van der Waals surface area contributed by atoms with Gasteiger partial charge in [-0.3, -0.25) is 0 Å². The van der Waals surface area contributed by atoms with Gasteiger partial charge in [0.1, 0.15) is 12.8 Å². The first-order chi connectivity index (χ1) is 9.52. The fraction of sp³-hybridized carbons (Fsp3) is 0.133. The molecule has 0 aliphatic carbocycles. The first kappa shape index (κ1) is 14.1. The van der Waals surface area contributed by atoms with Crippen LogP contribution in [0.3, 0.4) is 0 Å². The molecule has 0 fully saturated rings. The smallest absolute Gasteiger partial charge is 0.399 e. The molecule has 2 nitrogen and oxygen atoms in total. The molecule has 0 aliphatic rings. The molecule has 0 N–H and O–H groups in total. The van der Waals surface area contributed by atoms with Crippen LogP contribution < -0.4 is 0 Å². The Balaban J connectivity index is 2.49. The van der Waals surface area contributed by atoms with E-state index in [4.69, 9.17) is 4.84 Å². The average Bonchev–Trinajstić information content (AvgIpc) is 2.45. The summed E-state index contributed by atoms with van der Waals surface area (Å²) >= 11 is 0. The summed E-state index contributed by atoms with van der Waals surface area (Å²) in [7, 11) is 1.36. The fourth-order valence-corrected chi connectivity index (χ4v) is 1.80. The van der Waals surface area contributed by atoms with Crippen molar-refractivity contribution in [2.45, 2.75) is 6.18 Å². The topological polar surface area (TPSA) is 21.6 Å². The minimum Gasteiger partial charge on any atom is -0.399 e. The number of benzene rings is 2. The van der Waals surface area contributed by atoms with E-state index >= 15 is 0 Å². The number of nitrogens with zero attached hydrogens (tertiary/aromatic N) is 1. The van der Waals surface area contributed by atoms with E-state index in [2.05, 4.69) is 5.16 Å². The molecule has 20 heavy (non-hydrogen) atoms. The zero-order valence-corrected chi connectivity index (χ0v) is 10.7. The van der Waals surface area contributed by atoms with Gasteiger partial charge in [-0.2, -0.15) is 13.2 Å². The third kappa shape index (κ3) is 3.17. The molecule has 0 amide bonds. The standard InChI is InChI=1S/C15H12F3NO/c1-20-19-14(11-6-3-2-4-7-11)12-8-5-9-13(10-12)15(16,17)18/h2-10H,1H3/b19-14-. The van der Waals surface area contributed by atoms with Crippen LogP contribution in [0.5, 0.6) is 0 Å². The molecule has 0 radical (unpaired) electrons. The zero-order valence-electron chi connectivity index (χ0n) is 10.7. The first-order valence-corrected chi connectivity index (χ1v) is 5.86. The molecule has 0 bridgehead atoms. The Morgan fingerprint density at radius 1 is 0.950 bits per heavy atom. The molecule has 2 aromatic rings. The van der Waals surface area contributed by atoms with Gasteiger partial charge in [-0.1, -0.05) is 47.6 Å². The van der Waals surface area contributed by atoms with Crippen molar-refractivity contribution in [3.8, 4) is 0 Å². The molecular formula is C15H12F3NO. The van der Waals surface area contributed by atoms with Crippen LogP contribution in [0, 0.1) is 0 Å². The summed E-state index contributed by atoms with van der Waals surface area (Å²) in [5.41, 5.74) is 0.690. The van der Waals surface area contributed by atoms with Crippen molar-refractivity contribution in [1.29, 1.82) is 0 Å². The number of halogens is 3. The number of alkyl halides is 3. The maximum atomic E-state index is 12.7. The third-order valence-corrected chi connectivity index (χ3v) is 2.69. The molecule has 0 unspecified atom stereocenters. The van der Waals surface area contributed by atoms with E-state index in [0.717, 1.165) is 12.1 Å². The fourth-order valence-electron chi connectivity index (χ4n) is 1.80. The lowest BCUT2D eigenvalue weighted by molar-refractivity contribution is -0.137. The summed E-state index contributed by atoms with van der Waals surface area (Å²) in [4.78, 5) is 4.75. The molecule has 0 aliphatic heterocycles. The Bertz CT molecular complexity index is 606. The van der Waals surface area contributed by atoms with Crippen LogP contribution in [0.2, 0.25) is 0 Å². The highest BCUT2D eigenvalue weighted by atomic mass is 19.4. The monoisotopic (exact) mass is 279 g/mol. The van der Waals surface area contributed by atoms with Gasteiger partial charge in [0.15, 0.2) is 0 Å². The average molecular weight is 279 g/mol. The summed E-state index contributed by atoms with van der Waals surface area (Å²) in [5, 5.41) is 3.84. The lowest BCUT2D eigenvalue weighted by atomic mass is 10.0. The SMILES string of the molecule is CO/N=C(/c1ccccc1)c1cccc(C(F)(F)F)c1. The lowest BCUT2D eigenvalue weighted by Crippen LogP contribution is -2.09. The van der Waals surface area contributed by atoms with Crippen LogP contribution in [-0.2, 0) is 11.0 Å². The number of hydrogen-bond acceptors (Lipinski definition) is 2. The number of hydrogen-bond donors (Lipinski definition) is 0. The van der Waals surface area contributed by atoms with Crippen molar-refractivity contribution in [3.05, 3.63) is 71.3 Å². The van der Waals surface area contributed by atoms with Gasteiger partial charge in [0.2, 0.25) is 0 Å². The molecule has 5 heteroatoms. The second-order valence-electron chi connectivity index (χ2n) is 4.07. The summed E-state index contributed by atoms with van der Waals surface area (Å²) in [6.45, 7) is 0. The van der Waals surface area contributed by atoms with Crippen molar-refractivity contribution in [1.82, 2.24) is 0 Å². The van der Waals surface area contributed by atoms with Crippen LogP contribution >= 0.6 is 0 Å². The van der Waals surface area contributed by atoms with E-state index in [1.165, 1.54) is 13.2 Å². The Hall–Kier alpha value is -2.30. The predicted octanol–water partition coefficient (Wildman–Crippen LogP) is 4.10. The maximum absolute atomic E-state index is 12.7. The summed E-state index contributed by atoms with van der Waals surface area (Å²) in [6, 6.07) is 13.9. The zero-order chi connectivity index (χ0) is 14.6. The molecule has 0 aromatic heterocycles. The number of rotatable bonds is 3. The minimum atomic E-state index is -4.38. The maximum Gasteiger partial charge on any atom is 0.416 e. The van der Waals surface area contributed by atoms with Crippen LogP contribution in [-0.4, -0.2) is 12.8 Å². The molecule has 104 valence electrons. The van der Waals surface area contributed by atoms with Crippen molar-refractivity contribution < 1.29 is 18.0 Å². The molecule has 0 atom stereocenters. The Labute approximate surface area is 114 Å². The van der Waals surface area contributed by atoms with Crippen LogP contribution in [0.4, 0.5) is 13.2 Å². The number of oxime groups is 1. The summed E-state index contributed by atoms with van der Waals surface area (Å²) < 4.78 is 38.2. The van der Waals surface area contributed by atoms with Gasteiger partial charge >= 0.3 is 6.18 Å². The van der Waals surface area contributed by atoms with E-state index in [1.54, 1.807) is 30.3 Å². The van der Waals surface area contributed by atoms with Gasteiger partial charge in [-0.15, -0.1) is 0 Å². The van der Waals surface area contributed by atoms with Gasteiger partial charge < -0.3 is 4.84 Å². The normalized spacial score (nSPS) is 12.3. The quantitative estimate of drug-likeness (QED) is 0.612. The van der Waals surface area contributed by atoms with Crippen molar-refractivity contribution in [2.75, 3.05) is 7.11 Å². The Morgan fingerprint density at radius 3 is 2.20 bits per heavy atom. The Morgan fingerprint density at radius 2 is 1.60 bits per heavy atom. The summed E-state index contributed by atoms with van der Waals surface area (Å²) in [6.07, 6.45) is -4.38. The van der Waals surface area contributed by atoms with Crippen LogP contribution in [0.15, 0.2) is 59.8 Å². The second kappa shape index (κ2) is 5.77. The second-order valence-corrected chi connectivity index (χ2v) is 4.07. The van der Waals surface area contributed by atoms with Gasteiger partial charge in [-0.05, 0) is 12.1 Å². The van der Waals surface area contributed by atoms with Gasteiger partial charge in [-0.25, -0.2) is 0 Å². The predicted molar refractivity (Wildman–Crippen MR) is 70.5 cm³/mol. The largest absolute Gasteiger partial charge is 0.416 e. The molecule has 2 rings (SSSR count). The third-order valence-electron chi connectivity index (χ3n) is 2.69. The molecule has 0 saturated carbocycles. The van der Waals surface area contributed by atoms with Gasteiger partial charge in [0, 0.05) is 11.1 Å². The highest BCUT2D eigenvalue weighted by molar-refractivity contribution is 6.12. The van der Waals surface area contributed by atoms with E-state index in [1.807, 2.05) is 6.07 Å². The molecule has 0 spiro atoms. The van der Waals surface area contributed by atoms with E-state index in [-0.39, 0.29) is 0 Å². The molecule has 0 saturated heterocycles. The highest BCUT2D eigenvalue weighted by Crippen LogP contribution is 2.30. The molecule has 2 aromatic carbocycles. The van der Waals surface area contributed by atoms with Crippen LogP contribution in [0.25, 0.3) is 0 Å². The molecule has 0 heterocycles. The van der Waals surface area contributed by atoms with Gasteiger partial charge in [0.05, 0.1) is 5.56 Å². The molecular weight excluding hydrogens is 267 g/mol. The first-order valence-electron chi connectivity index (χ1n) is 5.86. The summed E-state index contributed by atoms with van der Waals surface area (Å²) in [5.74, 6) is 0. The van der Waals surface area contributed by atoms with Gasteiger partial charge in [0.25, 0.3) is 0 Å². The minimum absolute atomic E-state index is 0.355. The van der Waals surface area contributed by atoms with E-state index in [0.29, 0.717) is 16.8 Å². The van der Waals surface area contributed by atoms with Crippen LogP contribution in [0.1, 0.15) is 16.7 Å². The Kier molecular flexibility index (Phi) is 4.08. The van der Waals surface area contributed by atoms with Crippen molar-refractivity contribution >= 4 is 5.71 Å². The highest BCUT2D eigenvalue weighted by Gasteiger charge is 2.30. The lowest BCUT2D eigenvalue weighted by Gasteiger charge is -2.10. The van der Waals surface area contributed by atoms with E-state index < -0.39 is 11.7 Å². The van der Waals surface area contributed by atoms with Crippen molar-refractivity contribution in [3.63, 3.8) is 0 Å². The van der Waals surface area contributed by atoms with E-state index in [9.17, 15) is 13.2 Å². The van der Waals surface area contributed by atoms with Crippen molar-refractivity contribution in [2.24, 2.45) is 5.16 Å².